The average Bonchev–Trinajstić information content (AvgIpc) is 2.83. The normalized spacial score (nSPS) is 12.8. The molecular weight excluding hydrogens is 458 g/mol. The number of rotatable bonds is 7. The Kier molecular flexibility index (Phi) is 7.03. The van der Waals surface area contributed by atoms with E-state index in [0.29, 0.717) is 17.6 Å². The second kappa shape index (κ2) is 10.1. The summed E-state index contributed by atoms with van der Waals surface area (Å²) < 4.78 is 24.0. The molecule has 1 aromatic heterocycles. The molecule has 0 radical (unpaired) electrons. The number of nitrogens with one attached hydrogen (secondary N) is 1. The fourth-order valence-electron chi connectivity index (χ4n) is 3.79. The summed E-state index contributed by atoms with van der Waals surface area (Å²) in [5.41, 5.74) is 2.21. The van der Waals surface area contributed by atoms with Crippen LogP contribution in [0.3, 0.4) is 0 Å². The highest BCUT2D eigenvalue weighted by Crippen LogP contribution is 2.37. The standard InChI is InChI=1S/C25H22ClN3O3S/c1-2-20(17-9-4-3-5-10-17)28-25(30)23-19(26)13-7-14-21(23)29(33(31)32)22-15-6-11-18-12-8-16-27-24(18)22/h3-16,20H,2H2,1H3,(H,28,30)(H,31,32). The molecule has 8 heteroatoms. The minimum atomic E-state index is -2.49. The number of amides is 1. The molecule has 0 aliphatic carbocycles. The lowest BCUT2D eigenvalue weighted by Gasteiger charge is -2.25. The first kappa shape index (κ1) is 22.9. The molecule has 0 saturated heterocycles. The Bertz CT molecular complexity index is 1310. The van der Waals surface area contributed by atoms with Gasteiger partial charge in [-0.25, -0.2) is 8.51 Å². The number of aromatic nitrogens is 1. The van der Waals surface area contributed by atoms with Crippen LogP contribution >= 0.6 is 11.6 Å². The lowest BCUT2D eigenvalue weighted by Crippen LogP contribution is -2.31. The van der Waals surface area contributed by atoms with Crippen LogP contribution in [-0.4, -0.2) is 19.7 Å². The molecule has 2 unspecified atom stereocenters. The lowest BCUT2D eigenvalue weighted by atomic mass is 10.0. The van der Waals surface area contributed by atoms with Gasteiger partial charge in [0.05, 0.1) is 33.5 Å². The summed E-state index contributed by atoms with van der Waals surface area (Å²) in [7, 11) is 0. The number of carbonyl (C=O) groups excluding carboxylic acids is 1. The molecule has 1 heterocycles. The van der Waals surface area contributed by atoms with Crippen molar-refractivity contribution in [1.82, 2.24) is 10.3 Å². The predicted molar refractivity (Wildman–Crippen MR) is 133 cm³/mol. The van der Waals surface area contributed by atoms with Crippen LogP contribution in [0.15, 0.2) is 85.1 Å². The van der Waals surface area contributed by atoms with Crippen molar-refractivity contribution in [2.75, 3.05) is 4.31 Å². The van der Waals surface area contributed by atoms with E-state index in [1.54, 1.807) is 42.6 Å². The zero-order valence-corrected chi connectivity index (χ0v) is 19.4. The number of nitrogens with zero attached hydrogens (tertiary/aromatic N) is 2. The SMILES string of the molecule is CCC(NC(=O)c1c(Cl)cccc1N(c1cccc2cccnc12)S(=O)O)c1ccccc1. The van der Waals surface area contributed by atoms with Crippen molar-refractivity contribution in [1.29, 1.82) is 0 Å². The number of benzene rings is 3. The number of para-hydroxylation sites is 1. The van der Waals surface area contributed by atoms with Gasteiger partial charge in [0.1, 0.15) is 0 Å². The van der Waals surface area contributed by atoms with Gasteiger partial charge in [-0.1, -0.05) is 73.1 Å². The Morgan fingerprint density at radius 3 is 2.45 bits per heavy atom. The zero-order chi connectivity index (χ0) is 23.4. The number of hydrogen-bond acceptors (Lipinski definition) is 3. The third kappa shape index (κ3) is 4.75. The zero-order valence-electron chi connectivity index (χ0n) is 17.8. The maximum absolute atomic E-state index is 13.4. The van der Waals surface area contributed by atoms with Crippen molar-refractivity contribution in [3.05, 3.63) is 101 Å². The van der Waals surface area contributed by atoms with Gasteiger partial charge in [-0.2, -0.15) is 0 Å². The second-order valence-corrected chi connectivity index (χ2v) is 8.59. The summed E-state index contributed by atoms with van der Waals surface area (Å²) in [5, 5.41) is 3.99. The lowest BCUT2D eigenvalue weighted by molar-refractivity contribution is 0.0936. The molecule has 0 aliphatic rings. The van der Waals surface area contributed by atoms with Gasteiger partial charge in [-0.3, -0.25) is 14.3 Å². The van der Waals surface area contributed by atoms with Crippen molar-refractivity contribution in [2.24, 2.45) is 0 Å². The molecule has 4 aromatic rings. The molecule has 3 aromatic carbocycles. The van der Waals surface area contributed by atoms with E-state index in [0.717, 1.165) is 10.9 Å². The monoisotopic (exact) mass is 479 g/mol. The van der Waals surface area contributed by atoms with Crippen LogP contribution < -0.4 is 9.62 Å². The van der Waals surface area contributed by atoms with Crippen molar-refractivity contribution in [2.45, 2.75) is 19.4 Å². The van der Waals surface area contributed by atoms with Gasteiger partial charge >= 0.3 is 0 Å². The number of anilines is 2. The van der Waals surface area contributed by atoms with Crippen LogP contribution in [0.25, 0.3) is 10.9 Å². The molecule has 33 heavy (non-hydrogen) atoms. The van der Waals surface area contributed by atoms with Crippen LogP contribution in [0.4, 0.5) is 11.4 Å². The minimum Gasteiger partial charge on any atom is -0.345 e. The van der Waals surface area contributed by atoms with Gasteiger partial charge in [0.2, 0.25) is 0 Å². The molecule has 2 atom stereocenters. The van der Waals surface area contributed by atoms with E-state index < -0.39 is 17.2 Å². The highest BCUT2D eigenvalue weighted by Gasteiger charge is 2.27. The summed E-state index contributed by atoms with van der Waals surface area (Å²) in [6, 6.07) is 23.2. The molecule has 0 aliphatic heterocycles. The third-order valence-electron chi connectivity index (χ3n) is 5.34. The largest absolute Gasteiger partial charge is 0.345 e. The molecule has 4 rings (SSSR count). The van der Waals surface area contributed by atoms with E-state index in [1.807, 2.05) is 49.4 Å². The van der Waals surface area contributed by atoms with E-state index >= 15 is 0 Å². The van der Waals surface area contributed by atoms with E-state index in [-0.39, 0.29) is 22.3 Å². The highest BCUT2D eigenvalue weighted by atomic mass is 35.5. The Hall–Kier alpha value is -3.26. The van der Waals surface area contributed by atoms with Crippen molar-refractivity contribution in [3.8, 4) is 0 Å². The number of halogens is 1. The topological polar surface area (TPSA) is 82.5 Å². The highest BCUT2D eigenvalue weighted by molar-refractivity contribution is 7.81. The Morgan fingerprint density at radius 1 is 1.03 bits per heavy atom. The maximum atomic E-state index is 13.4. The number of carbonyl (C=O) groups is 1. The fraction of sp³-hybridized carbons (Fsp3) is 0.120. The van der Waals surface area contributed by atoms with Gasteiger partial charge < -0.3 is 5.32 Å². The molecule has 0 spiro atoms. The van der Waals surface area contributed by atoms with E-state index in [1.165, 1.54) is 4.31 Å². The van der Waals surface area contributed by atoms with E-state index in [9.17, 15) is 13.6 Å². The predicted octanol–water partition coefficient (Wildman–Crippen LogP) is 6.04. The van der Waals surface area contributed by atoms with Crippen molar-refractivity contribution in [3.63, 3.8) is 0 Å². The maximum Gasteiger partial charge on any atom is 0.266 e. The summed E-state index contributed by atoms with van der Waals surface area (Å²) in [4.78, 5) is 17.8. The minimum absolute atomic E-state index is 0.115. The smallest absolute Gasteiger partial charge is 0.266 e. The Morgan fingerprint density at radius 2 is 1.73 bits per heavy atom. The quantitative estimate of drug-likeness (QED) is 0.316. The van der Waals surface area contributed by atoms with Gasteiger partial charge in [0, 0.05) is 11.6 Å². The van der Waals surface area contributed by atoms with Crippen LogP contribution in [-0.2, 0) is 11.3 Å². The Balaban J connectivity index is 1.81. The molecular formula is C25H22ClN3O3S. The van der Waals surface area contributed by atoms with Crippen LogP contribution in [0.2, 0.25) is 5.02 Å². The van der Waals surface area contributed by atoms with Crippen LogP contribution in [0.5, 0.6) is 0 Å². The molecule has 0 fully saturated rings. The van der Waals surface area contributed by atoms with Crippen molar-refractivity contribution < 1.29 is 13.6 Å². The van der Waals surface area contributed by atoms with Crippen LogP contribution in [0.1, 0.15) is 35.3 Å². The molecule has 2 N–H and O–H groups in total. The number of pyridine rings is 1. The van der Waals surface area contributed by atoms with Crippen molar-refractivity contribution >= 4 is 51.1 Å². The first-order valence-corrected chi connectivity index (χ1v) is 11.8. The molecule has 0 saturated carbocycles. The second-order valence-electron chi connectivity index (χ2n) is 7.36. The first-order chi connectivity index (χ1) is 16.0. The number of hydrogen-bond donors (Lipinski definition) is 2. The molecule has 0 bridgehead atoms. The summed E-state index contributed by atoms with van der Waals surface area (Å²) >= 11 is 3.98. The summed E-state index contributed by atoms with van der Waals surface area (Å²) in [6.45, 7) is 1.97. The average molecular weight is 480 g/mol. The Labute approximate surface area is 199 Å². The summed E-state index contributed by atoms with van der Waals surface area (Å²) in [5.74, 6) is -0.435. The third-order valence-corrected chi connectivity index (χ3v) is 6.36. The van der Waals surface area contributed by atoms with Gasteiger partial charge in [-0.05, 0) is 36.2 Å². The molecule has 168 valence electrons. The van der Waals surface area contributed by atoms with Crippen LogP contribution in [0, 0.1) is 0 Å². The van der Waals surface area contributed by atoms with E-state index in [4.69, 9.17) is 11.6 Å². The molecule has 1 amide bonds. The number of fused-ring (bicyclic) bond motifs is 1. The van der Waals surface area contributed by atoms with Gasteiger partial charge in [0.25, 0.3) is 17.2 Å². The summed E-state index contributed by atoms with van der Waals surface area (Å²) in [6.07, 6.45) is 2.28. The fourth-order valence-corrected chi connectivity index (χ4v) is 4.69. The van der Waals surface area contributed by atoms with Gasteiger partial charge in [0.15, 0.2) is 0 Å². The first-order valence-electron chi connectivity index (χ1n) is 10.4. The van der Waals surface area contributed by atoms with E-state index in [2.05, 4.69) is 10.3 Å². The molecule has 6 nitrogen and oxygen atoms in total. The van der Waals surface area contributed by atoms with Gasteiger partial charge in [-0.15, -0.1) is 0 Å².